The summed E-state index contributed by atoms with van der Waals surface area (Å²) >= 11 is 0. The molecule has 0 spiro atoms. The Balaban J connectivity index is 1.67. The summed E-state index contributed by atoms with van der Waals surface area (Å²) in [6.45, 7) is 3.15. The summed E-state index contributed by atoms with van der Waals surface area (Å²) in [7, 11) is 1.62. The molecule has 0 bridgehead atoms. The van der Waals surface area contributed by atoms with Gasteiger partial charge in [-0.05, 0) is 17.7 Å². The smallest absolute Gasteiger partial charge is 0.237 e. The van der Waals surface area contributed by atoms with E-state index in [1.54, 1.807) is 12.0 Å². The van der Waals surface area contributed by atoms with Crippen LogP contribution in [0.1, 0.15) is 18.4 Å². The van der Waals surface area contributed by atoms with Crippen LogP contribution < -0.4 is 15.4 Å². The predicted octanol–water partition coefficient (Wildman–Crippen LogP) is -0.266. The minimum Gasteiger partial charge on any atom is -0.497 e. The molecule has 2 fully saturated rings. The molecule has 3 amide bonds. The van der Waals surface area contributed by atoms with Gasteiger partial charge in [0.25, 0.3) is 0 Å². The maximum atomic E-state index is 12.7. The molecule has 8 heteroatoms. The van der Waals surface area contributed by atoms with Gasteiger partial charge in [0, 0.05) is 45.7 Å². The lowest BCUT2D eigenvalue weighted by atomic mass is 10.1. The topological polar surface area (TPSA) is 91.0 Å². The van der Waals surface area contributed by atoms with Gasteiger partial charge in [-0.2, -0.15) is 0 Å². The molecule has 0 aromatic heterocycles. The Morgan fingerprint density at radius 2 is 2.00 bits per heavy atom. The fourth-order valence-electron chi connectivity index (χ4n) is 3.49. The average Bonchev–Trinajstić information content (AvgIpc) is 2.89. The average molecular weight is 374 g/mol. The molecule has 2 N–H and O–H groups in total. The van der Waals surface area contributed by atoms with Crippen molar-refractivity contribution in [1.82, 2.24) is 20.4 Å². The van der Waals surface area contributed by atoms with E-state index >= 15 is 0 Å². The van der Waals surface area contributed by atoms with Crippen LogP contribution in [0.4, 0.5) is 0 Å². The number of nitrogens with one attached hydrogen (secondary N) is 2. The highest BCUT2D eigenvalue weighted by molar-refractivity contribution is 5.89. The van der Waals surface area contributed by atoms with Gasteiger partial charge in [-0.25, -0.2) is 0 Å². The molecule has 0 radical (unpaired) electrons. The van der Waals surface area contributed by atoms with Crippen molar-refractivity contribution in [2.75, 3.05) is 39.8 Å². The molecular formula is C19H26N4O4. The molecule has 2 aliphatic heterocycles. The second-order valence-corrected chi connectivity index (χ2v) is 6.81. The molecule has 146 valence electrons. The van der Waals surface area contributed by atoms with E-state index in [-0.39, 0.29) is 24.1 Å². The lowest BCUT2D eigenvalue weighted by Gasteiger charge is -2.35. The monoisotopic (exact) mass is 374 g/mol. The summed E-state index contributed by atoms with van der Waals surface area (Å²) in [5.41, 5.74) is 1.03. The molecule has 2 saturated heterocycles. The Morgan fingerprint density at radius 3 is 2.81 bits per heavy atom. The fourth-order valence-corrected chi connectivity index (χ4v) is 3.49. The van der Waals surface area contributed by atoms with Gasteiger partial charge in [-0.3, -0.25) is 19.3 Å². The number of methoxy groups -OCH3 is 1. The molecule has 3 rings (SSSR count). The highest BCUT2D eigenvalue weighted by Crippen LogP contribution is 2.18. The normalized spacial score (nSPS) is 21.2. The second-order valence-electron chi connectivity index (χ2n) is 6.81. The number of ether oxygens (including phenoxy) is 1. The Labute approximate surface area is 158 Å². The van der Waals surface area contributed by atoms with Crippen LogP contribution >= 0.6 is 0 Å². The van der Waals surface area contributed by atoms with E-state index in [4.69, 9.17) is 4.74 Å². The zero-order valence-electron chi connectivity index (χ0n) is 15.6. The molecule has 1 atom stereocenters. The molecule has 0 saturated carbocycles. The third kappa shape index (κ3) is 4.97. The summed E-state index contributed by atoms with van der Waals surface area (Å²) in [4.78, 5) is 40.3. The molecule has 1 aromatic carbocycles. The van der Waals surface area contributed by atoms with Gasteiger partial charge in [0.15, 0.2) is 0 Å². The third-order valence-electron chi connectivity index (χ3n) is 4.99. The van der Waals surface area contributed by atoms with E-state index in [0.29, 0.717) is 45.7 Å². The number of amides is 3. The molecule has 1 unspecified atom stereocenters. The van der Waals surface area contributed by atoms with Gasteiger partial charge in [0.1, 0.15) is 5.75 Å². The quantitative estimate of drug-likeness (QED) is 0.741. The first kappa shape index (κ1) is 19.2. The van der Waals surface area contributed by atoms with Crippen molar-refractivity contribution < 1.29 is 19.1 Å². The van der Waals surface area contributed by atoms with Crippen LogP contribution in [-0.2, 0) is 20.9 Å². The Hall–Kier alpha value is -2.61. The van der Waals surface area contributed by atoms with Crippen molar-refractivity contribution in [1.29, 1.82) is 0 Å². The molecule has 1 aromatic rings. The van der Waals surface area contributed by atoms with Crippen LogP contribution in [0.2, 0.25) is 0 Å². The van der Waals surface area contributed by atoms with E-state index in [9.17, 15) is 14.4 Å². The van der Waals surface area contributed by atoms with Gasteiger partial charge in [-0.15, -0.1) is 0 Å². The Kier molecular flexibility index (Phi) is 6.28. The number of hydrogen-bond donors (Lipinski definition) is 2. The number of carbonyl (C=O) groups excluding carboxylic acids is 3. The van der Waals surface area contributed by atoms with Crippen LogP contribution in [0.5, 0.6) is 5.75 Å². The minimum atomic E-state index is -0.510. The number of piperazine rings is 1. The Morgan fingerprint density at radius 1 is 1.19 bits per heavy atom. The van der Waals surface area contributed by atoms with Crippen molar-refractivity contribution in [3.05, 3.63) is 29.8 Å². The second kappa shape index (κ2) is 8.85. The summed E-state index contributed by atoms with van der Waals surface area (Å²) in [5.74, 6) is 0.509. The molecule has 2 aliphatic rings. The van der Waals surface area contributed by atoms with E-state index in [2.05, 4.69) is 10.6 Å². The minimum absolute atomic E-state index is 0.0413. The van der Waals surface area contributed by atoms with Crippen LogP contribution in [0.3, 0.4) is 0 Å². The lowest BCUT2D eigenvalue weighted by molar-refractivity contribution is -0.139. The standard InChI is InChI=1S/C19H26N4O4/c1-27-15-4-2-3-14(11-15)13-23-10-7-21-19(26)16(23)12-18(25)22-8-5-17(24)20-6-9-22/h2-4,11,16H,5-10,12-13H2,1H3,(H,20,24)(H,21,26). The lowest BCUT2D eigenvalue weighted by Crippen LogP contribution is -2.56. The number of rotatable bonds is 5. The van der Waals surface area contributed by atoms with Gasteiger partial charge < -0.3 is 20.3 Å². The molecular weight excluding hydrogens is 348 g/mol. The summed E-state index contributed by atoms with van der Waals surface area (Å²) in [5, 5.41) is 5.62. The summed E-state index contributed by atoms with van der Waals surface area (Å²) < 4.78 is 5.26. The van der Waals surface area contributed by atoms with Crippen LogP contribution in [-0.4, -0.2) is 73.4 Å². The van der Waals surface area contributed by atoms with Crippen molar-refractivity contribution in [2.24, 2.45) is 0 Å². The first-order valence-electron chi connectivity index (χ1n) is 9.26. The summed E-state index contributed by atoms with van der Waals surface area (Å²) in [6.07, 6.45) is 0.417. The first-order valence-corrected chi connectivity index (χ1v) is 9.26. The number of carbonyl (C=O) groups is 3. The van der Waals surface area contributed by atoms with Gasteiger partial charge in [0.2, 0.25) is 17.7 Å². The van der Waals surface area contributed by atoms with Gasteiger partial charge >= 0.3 is 0 Å². The molecule has 27 heavy (non-hydrogen) atoms. The molecule has 0 aliphatic carbocycles. The fraction of sp³-hybridized carbons (Fsp3) is 0.526. The molecule has 2 heterocycles. The maximum absolute atomic E-state index is 12.7. The van der Waals surface area contributed by atoms with Crippen molar-refractivity contribution in [3.8, 4) is 5.75 Å². The first-order chi connectivity index (χ1) is 13.1. The Bertz CT molecular complexity index is 709. The van der Waals surface area contributed by atoms with E-state index in [0.717, 1.165) is 11.3 Å². The SMILES string of the molecule is COc1cccc(CN2CCNC(=O)C2CC(=O)N2CCNC(=O)CC2)c1. The van der Waals surface area contributed by atoms with Crippen molar-refractivity contribution in [2.45, 2.75) is 25.4 Å². The van der Waals surface area contributed by atoms with Crippen LogP contribution in [0.25, 0.3) is 0 Å². The van der Waals surface area contributed by atoms with Crippen molar-refractivity contribution >= 4 is 17.7 Å². The van der Waals surface area contributed by atoms with E-state index in [1.165, 1.54) is 0 Å². The number of hydrogen-bond acceptors (Lipinski definition) is 5. The highest BCUT2D eigenvalue weighted by atomic mass is 16.5. The largest absolute Gasteiger partial charge is 0.497 e. The van der Waals surface area contributed by atoms with E-state index < -0.39 is 6.04 Å². The van der Waals surface area contributed by atoms with Crippen LogP contribution in [0, 0.1) is 0 Å². The summed E-state index contributed by atoms with van der Waals surface area (Å²) in [6, 6.07) is 7.21. The zero-order chi connectivity index (χ0) is 19.2. The third-order valence-corrected chi connectivity index (χ3v) is 4.99. The zero-order valence-corrected chi connectivity index (χ0v) is 15.6. The number of benzene rings is 1. The van der Waals surface area contributed by atoms with Gasteiger partial charge in [-0.1, -0.05) is 12.1 Å². The maximum Gasteiger partial charge on any atom is 0.237 e. The number of nitrogens with zero attached hydrogens (tertiary/aromatic N) is 2. The van der Waals surface area contributed by atoms with Gasteiger partial charge in [0.05, 0.1) is 19.6 Å². The predicted molar refractivity (Wildman–Crippen MR) is 99.0 cm³/mol. The van der Waals surface area contributed by atoms with Crippen LogP contribution in [0.15, 0.2) is 24.3 Å². The van der Waals surface area contributed by atoms with Crippen molar-refractivity contribution in [3.63, 3.8) is 0 Å². The highest BCUT2D eigenvalue weighted by Gasteiger charge is 2.33. The molecule has 8 nitrogen and oxygen atoms in total. The van der Waals surface area contributed by atoms with E-state index in [1.807, 2.05) is 29.2 Å².